The molecule has 9 heteroatoms. The summed E-state index contributed by atoms with van der Waals surface area (Å²) >= 11 is 0. The van der Waals surface area contributed by atoms with Crippen LogP contribution in [0.15, 0.2) is 12.7 Å². The number of aliphatic hydroxyl groups excluding tert-OH is 1. The van der Waals surface area contributed by atoms with E-state index in [-0.39, 0.29) is 24.9 Å². The Morgan fingerprint density at radius 2 is 1.96 bits per heavy atom. The van der Waals surface area contributed by atoms with Crippen LogP contribution < -0.4 is 5.73 Å². The van der Waals surface area contributed by atoms with E-state index in [1.54, 1.807) is 6.33 Å². The van der Waals surface area contributed by atoms with Crippen molar-refractivity contribution in [2.75, 3.05) is 12.3 Å². The van der Waals surface area contributed by atoms with Crippen LogP contribution in [-0.2, 0) is 20.8 Å². The highest BCUT2D eigenvalue weighted by atomic mass is 16.8. The Balaban J connectivity index is 1.62. The summed E-state index contributed by atoms with van der Waals surface area (Å²) in [4.78, 5) is 12.4. The van der Waals surface area contributed by atoms with Crippen LogP contribution in [0.1, 0.15) is 13.8 Å². The Kier molecular flexibility index (Phi) is 3.27. The quantitative estimate of drug-likeness (QED) is 0.790. The molecule has 2 aromatic rings. The molecule has 2 aromatic heterocycles. The van der Waals surface area contributed by atoms with Crippen LogP contribution >= 0.6 is 0 Å². The maximum absolute atomic E-state index is 9.52. The minimum Gasteiger partial charge on any atom is -0.394 e. The Morgan fingerprint density at radius 1 is 1.22 bits per heavy atom. The highest BCUT2D eigenvalue weighted by Gasteiger charge is 2.54. The molecule has 4 rings (SSSR count). The number of anilines is 1. The summed E-state index contributed by atoms with van der Waals surface area (Å²) < 4.78 is 19.6. The number of nitrogens with two attached hydrogens (primary N) is 1. The monoisotopic (exact) mass is 321 g/mol. The number of nitrogen functional groups attached to an aromatic ring is 1. The average molecular weight is 321 g/mol. The summed E-state index contributed by atoms with van der Waals surface area (Å²) in [5.41, 5.74) is 7.01. The zero-order chi connectivity index (χ0) is 16.2. The van der Waals surface area contributed by atoms with Gasteiger partial charge in [-0.15, -0.1) is 0 Å². The molecule has 0 amide bonds. The van der Waals surface area contributed by atoms with Crippen molar-refractivity contribution in [1.82, 2.24) is 19.5 Å². The van der Waals surface area contributed by atoms with E-state index in [0.717, 1.165) is 0 Å². The molecule has 2 aliphatic rings. The Morgan fingerprint density at radius 3 is 2.70 bits per heavy atom. The van der Waals surface area contributed by atoms with Crippen LogP contribution in [0.3, 0.4) is 0 Å². The van der Waals surface area contributed by atoms with Crippen molar-refractivity contribution >= 4 is 17.0 Å². The summed E-state index contributed by atoms with van der Waals surface area (Å²) in [7, 11) is 0. The number of imidazole rings is 1. The molecule has 4 heterocycles. The molecular formula is C14H19N5O4. The van der Waals surface area contributed by atoms with Gasteiger partial charge in [0.15, 0.2) is 17.3 Å². The van der Waals surface area contributed by atoms with Gasteiger partial charge in [0.25, 0.3) is 0 Å². The Hall–Kier alpha value is -1.81. The first-order valence-corrected chi connectivity index (χ1v) is 7.52. The molecule has 0 unspecified atom stereocenters. The van der Waals surface area contributed by atoms with Crippen LogP contribution in [0.5, 0.6) is 0 Å². The maximum Gasteiger partial charge on any atom is 0.165 e. The van der Waals surface area contributed by atoms with Crippen molar-refractivity contribution in [3.05, 3.63) is 12.7 Å². The first-order valence-electron chi connectivity index (χ1n) is 7.52. The number of aromatic nitrogens is 4. The van der Waals surface area contributed by atoms with E-state index in [0.29, 0.717) is 23.5 Å². The van der Waals surface area contributed by atoms with Gasteiger partial charge in [0.05, 0.1) is 19.5 Å². The minimum atomic E-state index is -0.686. The molecule has 2 fully saturated rings. The predicted octanol–water partition coefficient (Wildman–Crippen LogP) is -0.312. The molecule has 0 radical (unpaired) electrons. The molecule has 0 aliphatic carbocycles. The van der Waals surface area contributed by atoms with Crippen LogP contribution in [0.25, 0.3) is 11.2 Å². The van der Waals surface area contributed by atoms with Crippen LogP contribution in [-0.4, -0.2) is 61.4 Å². The second-order valence-electron chi connectivity index (χ2n) is 6.29. The summed E-state index contributed by atoms with van der Waals surface area (Å²) in [6.45, 7) is 4.08. The van der Waals surface area contributed by atoms with Crippen LogP contribution in [0.4, 0.5) is 5.82 Å². The van der Waals surface area contributed by atoms with Crippen LogP contribution in [0, 0.1) is 0 Å². The van der Waals surface area contributed by atoms with Crippen molar-refractivity contribution in [1.29, 1.82) is 0 Å². The fourth-order valence-corrected chi connectivity index (χ4v) is 3.29. The van der Waals surface area contributed by atoms with Crippen LogP contribution in [0.2, 0.25) is 0 Å². The molecule has 9 nitrogen and oxygen atoms in total. The summed E-state index contributed by atoms with van der Waals surface area (Å²) in [5.74, 6) is -0.345. The molecule has 0 saturated carbocycles. The topological polar surface area (TPSA) is 118 Å². The Bertz CT molecular complexity index is 733. The lowest BCUT2D eigenvalue weighted by Crippen LogP contribution is -2.32. The van der Waals surface area contributed by atoms with Gasteiger partial charge < -0.3 is 29.6 Å². The first-order chi connectivity index (χ1) is 11.0. The number of rotatable bonds is 3. The van der Waals surface area contributed by atoms with Gasteiger partial charge in [-0.1, -0.05) is 0 Å². The first kappa shape index (κ1) is 14.8. The van der Waals surface area contributed by atoms with Gasteiger partial charge >= 0.3 is 0 Å². The number of nitrogens with zero attached hydrogens (tertiary/aromatic N) is 4. The zero-order valence-corrected chi connectivity index (χ0v) is 12.9. The smallest absolute Gasteiger partial charge is 0.165 e. The van der Waals surface area contributed by atoms with Gasteiger partial charge in [-0.2, -0.15) is 0 Å². The maximum atomic E-state index is 9.52. The third-order valence-electron chi connectivity index (χ3n) is 4.23. The Labute approximate surface area is 132 Å². The third-order valence-corrected chi connectivity index (χ3v) is 4.23. The van der Waals surface area contributed by atoms with Gasteiger partial charge in [0, 0.05) is 0 Å². The second kappa shape index (κ2) is 5.10. The lowest BCUT2D eigenvalue weighted by Gasteiger charge is -2.23. The molecule has 23 heavy (non-hydrogen) atoms. The second-order valence-corrected chi connectivity index (χ2v) is 6.29. The van der Waals surface area contributed by atoms with E-state index in [1.807, 2.05) is 18.4 Å². The fraction of sp³-hybridized carbons (Fsp3) is 0.643. The average Bonchev–Trinajstić information content (AvgIpc) is 3.13. The lowest BCUT2D eigenvalue weighted by molar-refractivity contribution is -0.191. The van der Waals surface area contributed by atoms with Gasteiger partial charge in [0.1, 0.15) is 36.3 Å². The molecular weight excluding hydrogens is 302 g/mol. The van der Waals surface area contributed by atoms with E-state index in [9.17, 15) is 5.11 Å². The van der Waals surface area contributed by atoms with Crippen molar-refractivity contribution in [3.8, 4) is 0 Å². The number of hydrogen-bond acceptors (Lipinski definition) is 8. The molecule has 2 aliphatic heterocycles. The van der Waals surface area contributed by atoms with E-state index in [2.05, 4.69) is 15.0 Å². The molecule has 0 spiro atoms. The minimum absolute atomic E-state index is 0.114. The molecule has 3 N–H and O–H groups in total. The largest absolute Gasteiger partial charge is 0.394 e. The number of hydrogen-bond donors (Lipinski definition) is 2. The number of ether oxygens (including phenoxy) is 3. The highest BCUT2D eigenvalue weighted by Crippen LogP contribution is 2.39. The van der Waals surface area contributed by atoms with E-state index >= 15 is 0 Å². The predicted molar refractivity (Wildman–Crippen MR) is 79.3 cm³/mol. The van der Waals surface area contributed by atoms with Crippen molar-refractivity contribution in [3.63, 3.8) is 0 Å². The normalized spacial score (nSPS) is 32.5. The molecule has 124 valence electrons. The summed E-state index contributed by atoms with van der Waals surface area (Å²) in [6, 6.07) is 0. The van der Waals surface area contributed by atoms with Gasteiger partial charge in [-0.05, 0) is 13.8 Å². The summed E-state index contributed by atoms with van der Waals surface area (Å²) in [6.07, 6.45) is 1.85. The molecule has 4 atom stereocenters. The standard InChI is InChI=1S/C14H19N5O4/c1-14(2)22-10-7(21-8(4-20)11(10)23-14)3-19-6-18-9-12(15)16-5-17-13(9)19/h5-8,10-11,20H,3-4H2,1-2H3,(H2,15,16,17)/t7-,8+,10-,11+/m0/s1. The lowest BCUT2D eigenvalue weighted by atomic mass is 10.1. The summed E-state index contributed by atoms with van der Waals surface area (Å²) in [5, 5.41) is 9.52. The third kappa shape index (κ3) is 2.36. The van der Waals surface area contributed by atoms with Gasteiger partial charge in [0.2, 0.25) is 0 Å². The number of fused-ring (bicyclic) bond motifs is 2. The van der Waals surface area contributed by atoms with Gasteiger partial charge in [-0.25, -0.2) is 15.0 Å². The van der Waals surface area contributed by atoms with E-state index < -0.39 is 11.9 Å². The SMILES string of the molecule is CC1(C)O[C@@H]2[C@H](O1)[C@@H](CO)O[C@H]2Cn1cnc2c(N)ncnc21. The fourth-order valence-electron chi connectivity index (χ4n) is 3.29. The number of aliphatic hydroxyl groups is 1. The van der Waals surface area contributed by atoms with E-state index in [1.165, 1.54) is 6.33 Å². The van der Waals surface area contributed by atoms with E-state index in [4.69, 9.17) is 19.9 Å². The van der Waals surface area contributed by atoms with Crippen molar-refractivity contribution in [2.45, 2.75) is 50.6 Å². The molecule has 0 bridgehead atoms. The molecule has 0 aromatic carbocycles. The highest BCUT2D eigenvalue weighted by molar-refractivity contribution is 5.81. The van der Waals surface area contributed by atoms with Gasteiger partial charge in [-0.3, -0.25) is 0 Å². The van der Waals surface area contributed by atoms with Crippen molar-refractivity contribution < 1.29 is 19.3 Å². The zero-order valence-electron chi connectivity index (χ0n) is 12.9. The van der Waals surface area contributed by atoms with Crippen molar-refractivity contribution in [2.24, 2.45) is 0 Å². The molecule has 2 saturated heterocycles.